The van der Waals surface area contributed by atoms with E-state index in [0.717, 1.165) is 25.5 Å². The zero-order valence-electron chi connectivity index (χ0n) is 12.9. The molecule has 8 heteroatoms. The number of rotatable bonds is 5. The van der Waals surface area contributed by atoms with E-state index < -0.39 is 10.0 Å². The number of sulfonamides is 1. The first kappa shape index (κ1) is 16.1. The highest BCUT2D eigenvalue weighted by atomic mass is 32.2. The molecule has 0 spiro atoms. The molecule has 2 aliphatic rings. The number of hydrogen-bond donors (Lipinski definition) is 2. The molecule has 0 unspecified atom stereocenters. The molecule has 1 aromatic rings. The average Bonchev–Trinajstić information content (AvgIpc) is 3.12. The summed E-state index contributed by atoms with van der Waals surface area (Å²) in [5, 5.41) is 3.00. The van der Waals surface area contributed by atoms with Crippen molar-refractivity contribution >= 4 is 15.9 Å². The molecule has 2 atom stereocenters. The molecular weight excluding hydrogens is 320 g/mol. The molecule has 1 heterocycles. The Balaban J connectivity index is 1.62. The van der Waals surface area contributed by atoms with E-state index in [2.05, 4.69) is 10.0 Å². The maximum absolute atomic E-state index is 12.4. The number of fused-ring (bicyclic) bond motifs is 1. The van der Waals surface area contributed by atoms with Gasteiger partial charge in [0.1, 0.15) is 0 Å². The van der Waals surface area contributed by atoms with Crippen LogP contribution in [0.2, 0.25) is 0 Å². The van der Waals surface area contributed by atoms with Crippen LogP contribution in [0.25, 0.3) is 0 Å². The lowest BCUT2D eigenvalue weighted by Gasteiger charge is -2.21. The number of amides is 1. The average molecular weight is 340 g/mol. The number of benzene rings is 1. The highest BCUT2D eigenvalue weighted by molar-refractivity contribution is 7.88. The molecule has 0 radical (unpaired) electrons. The largest absolute Gasteiger partial charge is 0.454 e. The Labute approximate surface area is 135 Å². The van der Waals surface area contributed by atoms with Crippen molar-refractivity contribution in [2.75, 3.05) is 19.6 Å². The molecule has 1 aliphatic heterocycles. The number of carbonyl (C=O) groups excluding carboxylic acids is 1. The lowest BCUT2D eigenvalue weighted by atomic mass is 10.0. The van der Waals surface area contributed by atoms with Crippen molar-refractivity contribution in [3.63, 3.8) is 0 Å². The minimum Gasteiger partial charge on any atom is -0.454 e. The van der Waals surface area contributed by atoms with Crippen LogP contribution in [0, 0.1) is 5.92 Å². The van der Waals surface area contributed by atoms with E-state index in [-0.39, 0.29) is 24.7 Å². The molecule has 1 fully saturated rings. The summed E-state index contributed by atoms with van der Waals surface area (Å²) >= 11 is 0. The summed E-state index contributed by atoms with van der Waals surface area (Å²) in [6.07, 6.45) is 3.87. The molecule has 126 valence electrons. The normalized spacial score (nSPS) is 23.0. The predicted octanol–water partition coefficient (Wildman–Crippen LogP) is 0.863. The number of ether oxygens (including phenoxy) is 2. The molecule has 0 saturated heterocycles. The highest BCUT2D eigenvalue weighted by Crippen LogP contribution is 2.32. The van der Waals surface area contributed by atoms with Crippen LogP contribution in [0.3, 0.4) is 0 Å². The van der Waals surface area contributed by atoms with Gasteiger partial charge in [0.15, 0.2) is 11.5 Å². The van der Waals surface area contributed by atoms with Gasteiger partial charge in [-0.2, -0.15) is 0 Å². The third-order valence-electron chi connectivity index (χ3n) is 4.22. The minimum atomic E-state index is -3.22. The Morgan fingerprint density at radius 3 is 2.83 bits per heavy atom. The van der Waals surface area contributed by atoms with Crippen LogP contribution in [0.1, 0.15) is 29.6 Å². The first-order valence-electron chi connectivity index (χ1n) is 7.57. The molecule has 7 nitrogen and oxygen atoms in total. The van der Waals surface area contributed by atoms with Crippen molar-refractivity contribution in [3.05, 3.63) is 23.8 Å². The van der Waals surface area contributed by atoms with Crippen LogP contribution in [0.5, 0.6) is 11.5 Å². The fourth-order valence-electron chi connectivity index (χ4n) is 3.02. The summed E-state index contributed by atoms with van der Waals surface area (Å²) in [6, 6.07) is 5.05. The topological polar surface area (TPSA) is 93.7 Å². The van der Waals surface area contributed by atoms with Crippen LogP contribution < -0.4 is 19.5 Å². The summed E-state index contributed by atoms with van der Waals surface area (Å²) in [6.45, 7) is 0.521. The summed E-state index contributed by atoms with van der Waals surface area (Å²) < 4.78 is 35.5. The van der Waals surface area contributed by atoms with Crippen LogP contribution in [-0.2, 0) is 10.0 Å². The van der Waals surface area contributed by atoms with E-state index >= 15 is 0 Å². The van der Waals surface area contributed by atoms with E-state index in [1.54, 1.807) is 18.2 Å². The number of carbonyl (C=O) groups is 1. The molecule has 1 saturated carbocycles. The van der Waals surface area contributed by atoms with Gasteiger partial charge in [-0.1, -0.05) is 6.42 Å². The molecule has 2 N–H and O–H groups in total. The van der Waals surface area contributed by atoms with Crippen molar-refractivity contribution in [2.45, 2.75) is 25.3 Å². The van der Waals surface area contributed by atoms with Gasteiger partial charge >= 0.3 is 0 Å². The molecule has 0 aromatic heterocycles. The standard InChI is InChI=1S/C15H20N2O5S/c1-23(19,20)16-8-11-3-2-4-12(11)17-15(18)10-5-6-13-14(7-10)22-9-21-13/h5-7,11-12,16H,2-4,8-9H2,1H3,(H,17,18)/t11-,12+/m0/s1. The van der Waals surface area contributed by atoms with E-state index in [1.807, 2.05) is 0 Å². The molecule has 1 aromatic carbocycles. The van der Waals surface area contributed by atoms with Crippen molar-refractivity contribution < 1.29 is 22.7 Å². The van der Waals surface area contributed by atoms with Gasteiger partial charge in [0.05, 0.1) is 6.26 Å². The van der Waals surface area contributed by atoms with Crippen LogP contribution >= 0.6 is 0 Å². The van der Waals surface area contributed by atoms with Crippen LogP contribution in [0.15, 0.2) is 18.2 Å². The Morgan fingerprint density at radius 1 is 1.26 bits per heavy atom. The first-order chi connectivity index (χ1) is 10.9. The monoisotopic (exact) mass is 340 g/mol. The predicted molar refractivity (Wildman–Crippen MR) is 84.0 cm³/mol. The lowest BCUT2D eigenvalue weighted by molar-refractivity contribution is 0.0928. The molecular formula is C15H20N2O5S. The highest BCUT2D eigenvalue weighted by Gasteiger charge is 2.29. The molecule has 1 aliphatic carbocycles. The summed E-state index contributed by atoms with van der Waals surface area (Å²) in [4.78, 5) is 12.4. The van der Waals surface area contributed by atoms with Gasteiger partial charge in [0.2, 0.25) is 16.8 Å². The van der Waals surface area contributed by atoms with Gasteiger partial charge in [-0.05, 0) is 37.0 Å². The van der Waals surface area contributed by atoms with Gasteiger partial charge in [-0.15, -0.1) is 0 Å². The second-order valence-electron chi connectivity index (χ2n) is 5.96. The maximum Gasteiger partial charge on any atom is 0.251 e. The van der Waals surface area contributed by atoms with Gasteiger partial charge in [0.25, 0.3) is 5.91 Å². The van der Waals surface area contributed by atoms with Gasteiger partial charge < -0.3 is 14.8 Å². The molecule has 1 amide bonds. The Kier molecular flexibility index (Phi) is 4.45. The zero-order chi connectivity index (χ0) is 16.4. The quantitative estimate of drug-likeness (QED) is 0.829. The van der Waals surface area contributed by atoms with Gasteiger partial charge in [-0.25, -0.2) is 13.1 Å². The van der Waals surface area contributed by atoms with Crippen molar-refractivity contribution in [3.8, 4) is 11.5 Å². The smallest absolute Gasteiger partial charge is 0.251 e. The Morgan fingerprint density at radius 2 is 2.04 bits per heavy atom. The van der Waals surface area contributed by atoms with Crippen molar-refractivity contribution in [2.24, 2.45) is 5.92 Å². The fourth-order valence-corrected chi connectivity index (χ4v) is 3.54. The molecule has 0 bridgehead atoms. The number of hydrogen-bond acceptors (Lipinski definition) is 5. The van der Waals surface area contributed by atoms with Crippen LogP contribution in [-0.4, -0.2) is 40.0 Å². The zero-order valence-corrected chi connectivity index (χ0v) is 13.7. The Bertz CT molecular complexity index is 704. The summed E-state index contributed by atoms with van der Waals surface area (Å²) in [5.41, 5.74) is 0.510. The Hall–Kier alpha value is -1.80. The van der Waals surface area contributed by atoms with E-state index in [4.69, 9.17) is 9.47 Å². The molecule has 3 rings (SSSR count). The summed E-state index contributed by atoms with van der Waals surface area (Å²) in [5.74, 6) is 1.14. The molecule has 23 heavy (non-hydrogen) atoms. The van der Waals surface area contributed by atoms with Gasteiger partial charge in [-0.3, -0.25) is 4.79 Å². The maximum atomic E-state index is 12.4. The number of nitrogens with one attached hydrogen (secondary N) is 2. The van der Waals surface area contributed by atoms with E-state index in [0.29, 0.717) is 23.6 Å². The minimum absolute atomic E-state index is 0.0258. The third kappa shape index (κ3) is 3.94. The third-order valence-corrected chi connectivity index (χ3v) is 4.91. The van der Waals surface area contributed by atoms with Crippen LogP contribution in [0.4, 0.5) is 0 Å². The van der Waals surface area contributed by atoms with E-state index in [9.17, 15) is 13.2 Å². The van der Waals surface area contributed by atoms with Crippen molar-refractivity contribution in [1.82, 2.24) is 10.0 Å². The van der Waals surface area contributed by atoms with E-state index in [1.165, 1.54) is 0 Å². The lowest BCUT2D eigenvalue weighted by Crippen LogP contribution is -2.41. The first-order valence-corrected chi connectivity index (χ1v) is 9.47. The SMILES string of the molecule is CS(=O)(=O)NC[C@@H]1CCC[C@H]1NC(=O)c1ccc2c(c1)OCO2. The van der Waals surface area contributed by atoms with Gasteiger partial charge in [0, 0.05) is 18.2 Å². The second kappa shape index (κ2) is 6.37. The summed E-state index contributed by atoms with van der Waals surface area (Å²) in [7, 11) is -3.22. The van der Waals surface area contributed by atoms with Crippen molar-refractivity contribution in [1.29, 1.82) is 0 Å². The fraction of sp³-hybridized carbons (Fsp3) is 0.533. The second-order valence-corrected chi connectivity index (χ2v) is 7.79.